The topological polar surface area (TPSA) is 61.8 Å². The second-order valence-corrected chi connectivity index (χ2v) is 5.00. The second-order valence-electron chi connectivity index (χ2n) is 3.41. The van der Waals surface area contributed by atoms with E-state index in [1.807, 2.05) is 18.2 Å². The van der Waals surface area contributed by atoms with Gasteiger partial charge >= 0.3 is 13.8 Å². The summed E-state index contributed by atoms with van der Waals surface area (Å²) in [5, 5.41) is 0. The Balaban J connectivity index is 2.59. The number of carbonyl (C=O) groups excluding carboxylic acids is 1. The first-order valence-corrected chi connectivity index (χ1v) is 7.21. The van der Waals surface area contributed by atoms with Gasteiger partial charge in [-0.3, -0.25) is 13.8 Å². The lowest BCUT2D eigenvalue weighted by atomic mass is 10.2. The van der Waals surface area contributed by atoms with Gasteiger partial charge < -0.3 is 4.52 Å². The van der Waals surface area contributed by atoms with Crippen LogP contribution in [0.3, 0.4) is 0 Å². The normalized spacial score (nSPS) is 11.2. The van der Waals surface area contributed by atoms with Crippen molar-refractivity contribution >= 4 is 13.8 Å². The Morgan fingerprint density at radius 2 is 1.67 bits per heavy atom. The summed E-state index contributed by atoms with van der Waals surface area (Å²) in [6.07, 6.45) is 0.0327. The van der Waals surface area contributed by atoms with Gasteiger partial charge in [-0.15, -0.1) is 0 Å². The summed E-state index contributed by atoms with van der Waals surface area (Å²) >= 11 is 0. The van der Waals surface area contributed by atoms with Gasteiger partial charge in [0.25, 0.3) is 0 Å². The number of carbonyl (C=O) groups is 1. The summed E-state index contributed by atoms with van der Waals surface area (Å²) in [6.45, 7) is 3.60. The van der Waals surface area contributed by atoms with Crippen LogP contribution in [0.1, 0.15) is 19.4 Å². The molecule has 0 atom stereocenters. The van der Waals surface area contributed by atoms with Crippen LogP contribution in [0.25, 0.3) is 0 Å². The van der Waals surface area contributed by atoms with Crippen molar-refractivity contribution in [3.8, 4) is 0 Å². The highest BCUT2D eigenvalue weighted by Crippen LogP contribution is 2.49. The SMILES string of the molecule is CCOP(=O)(OCC)OC(=O)Cc1ccccc1. The maximum Gasteiger partial charge on any atom is 0.532 e. The van der Waals surface area contributed by atoms with Gasteiger partial charge in [0.1, 0.15) is 0 Å². The average Bonchev–Trinajstić information content (AvgIpc) is 2.30. The first-order chi connectivity index (χ1) is 8.59. The minimum absolute atomic E-state index is 0.0327. The monoisotopic (exact) mass is 272 g/mol. The third-order valence-corrected chi connectivity index (χ3v) is 3.56. The van der Waals surface area contributed by atoms with Crippen molar-refractivity contribution in [1.82, 2.24) is 0 Å². The molecular formula is C12H17O5P. The van der Waals surface area contributed by atoms with Gasteiger partial charge in [0, 0.05) is 0 Å². The molecule has 0 saturated carbocycles. The molecule has 0 aliphatic heterocycles. The van der Waals surface area contributed by atoms with E-state index in [0.717, 1.165) is 5.56 Å². The molecule has 1 aromatic rings. The third kappa shape index (κ3) is 5.00. The molecule has 0 aromatic heterocycles. The minimum atomic E-state index is -3.76. The molecule has 0 spiro atoms. The van der Waals surface area contributed by atoms with Crippen LogP contribution in [-0.2, 0) is 29.4 Å². The zero-order valence-corrected chi connectivity index (χ0v) is 11.4. The van der Waals surface area contributed by atoms with E-state index >= 15 is 0 Å². The quantitative estimate of drug-likeness (QED) is 0.714. The van der Waals surface area contributed by atoms with Gasteiger partial charge in [0.05, 0.1) is 19.6 Å². The van der Waals surface area contributed by atoms with Crippen molar-refractivity contribution in [2.24, 2.45) is 0 Å². The smallest absolute Gasteiger partial charge is 0.370 e. The van der Waals surface area contributed by atoms with Crippen LogP contribution < -0.4 is 0 Å². The number of phosphoric ester groups is 1. The Bertz CT molecular complexity index is 408. The zero-order chi connectivity index (χ0) is 13.4. The zero-order valence-electron chi connectivity index (χ0n) is 10.5. The summed E-state index contributed by atoms with van der Waals surface area (Å²) in [5.74, 6) is -0.633. The second kappa shape index (κ2) is 7.31. The van der Waals surface area contributed by atoms with E-state index in [4.69, 9.17) is 13.6 Å². The largest absolute Gasteiger partial charge is 0.532 e. The van der Waals surface area contributed by atoms with Gasteiger partial charge in [0.2, 0.25) is 0 Å². The van der Waals surface area contributed by atoms with Gasteiger partial charge in [-0.2, -0.15) is 0 Å². The summed E-state index contributed by atoms with van der Waals surface area (Å²) < 4.78 is 26.5. The van der Waals surface area contributed by atoms with Crippen molar-refractivity contribution in [2.45, 2.75) is 20.3 Å². The van der Waals surface area contributed by atoms with Crippen LogP contribution in [0.2, 0.25) is 0 Å². The standard InChI is InChI=1S/C12H17O5P/c1-3-15-18(14,16-4-2)17-12(13)10-11-8-6-5-7-9-11/h5-9H,3-4,10H2,1-2H3. The van der Waals surface area contributed by atoms with Crippen LogP contribution in [0.5, 0.6) is 0 Å². The van der Waals surface area contributed by atoms with Crippen molar-refractivity contribution in [3.05, 3.63) is 35.9 Å². The average molecular weight is 272 g/mol. The molecule has 0 N–H and O–H groups in total. The van der Waals surface area contributed by atoms with Crippen molar-refractivity contribution < 1.29 is 22.9 Å². The molecule has 0 aliphatic carbocycles. The lowest BCUT2D eigenvalue weighted by Crippen LogP contribution is -2.09. The summed E-state index contributed by atoms with van der Waals surface area (Å²) in [5.41, 5.74) is 0.780. The Hall–Kier alpha value is -1.16. The molecule has 18 heavy (non-hydrogen) atoms. The predicted octanol–water partition coefficient (Wildman–Crippen LogP) is 2.95. The first kappa shape index (κ1) is 14.9. The molecule has 0 heterocycles. The van der Waals surface area contributed by atoms with Crippen LogP contribution in [0, 0.1) is 0 Å². The predicted molar refractivity (Wildman–Crippen MR) is 67.1 cm³/mol. The highest BCUT2D eigenvalue weighted by atomic mass is 31.2. The lowest BCUT2D eigenvalue weighted by Gasteiger charge is -2.15. The number of benzene rings is 1. The molecule has 0 amide bonds. The Kier molecular flexibility index (Phi) is 6.05. The molecule has 100 valence electrons. The maximum absolute atomic E-state index is 11.9. The van der Waals surface area contributed by atoms with E-state index in [1.54, 1.807) is 26.0 Å². The lowest BCUT2D eigenvalue weighted by molar-refractivity contribution is -0.135. The molecule has 0 aliphatic rings. The molecule has 0 radical (unpaired) electrons. The Morgan fingerprint density at radius 1 is 1.11 bits per heavy atom. The molecule has 0 bridgehead atoms. The van der Waals surface area contributed by atoms with E-state index in [9.17, 15) is 9.36 Å². The number of phosphoric acid groups is 1. The highest BCUT2D eigenvalue weighted by Gasteiger charge is 2.29. The number of hydrogen-bond acceptors (Lipinski definition) is 5. The Morgan fingerprint density at radius 3 is 2.17 bits per heavy atom. The van der Waals surface area contributed by atoms with Crippen LogP contribution in [0.4, 0.5) is 0 Å². The molecule has 1 aromatic carbocycles. The van der Waals surface area contributed by atoms with Gasteiger partial charge in [-0.25, -0.2) is 4.57 Å². The van der Waals surface area contributed by atoms with Crippen LogP contribution >= 0.6 is 7.82 Å². The first-order valence-electron chi connectivity index (χ1n) is 5.75. The Labute approximate surface area is 107 Å². The van der Waals surface area contributed by atoms with Crippen molar-refractivity contribution in [3.63, 3.8) is 0 Å². The van der Waals surface area contributed by atoms with Crippen molar-refractivity contribution in [1.29, 1.82) is 0 Å². The molecule has 5 nitrogen and oxygen atoms in total. The fourth-order valence-electron chi connectivity index (χ4n) is 1.33. The van der Waals surface area contributed by atoms with E-state index in [1.165, 1.54) is 0 Å². The summed E-state index contributed by atoms with van der Waals surface area (Å²) in [7, 11) is -3.76. The molecule has 1 rings (SSSR count). The number of rotatable bonds is 7. The van der Waals surface area contributed by atoms with Gasteiger partial charge in [0.15, 0.2) is 0 Å². The van der Waals surface area contributed by atoms with E-state index < -0.39 is 13.8 Å². The maximum atomic E-state index is 11.9. The molecule has 0 fully saturated rings. The highest BCUT2D eigenvalue weighted by molar-refractivity contribution is 7.49. The molecular weight excluding hydrogens is 255 g/mol. The van der Waals surface area contributed by atoms with Gasteiger partial charge in [-0.1, -0.05) is 30.3 Å². The minimum Gasteiger partial charge on any atom is -0.370 e. The van der Waals surface area contributed by atoms with Gasteiger partial charge in [-0.05, 0) is 19.4 Å². The van der Waals surface area contributed by atoms with Crippen LogP contribution in [-0.4, -0.2) is 19.2 Å². The molecule has 0 saturated heterocycles. The van der Waals surface area contributed by atoms with Crippen LogP contribution in [0.15, 0.2) is 30.3 Å². The number of hydrogen-bond donors (Lipinski definition) is 0. The summed E-state index contributed by atoms with van der Waals surface area (Å²) in [6, 6.07) is 9.04. The molecule has 6 heteroatoms. The van der Waals surface area contributed by atoms with Crippen molar-refractivity contribution in [2.75, 3.05) is 13.2 Å². The third-order valence-electron chi connectivity index (χ3n) is 1.98. The fraction of sp³-hybridized carbons (Fsp3) is 0.417. The van der Waals surface area contributed by atoms with E-state index in [0.29, 0.717) is 0 Å². The fourth-order valence-corrected chi connectivity index (χ4v) is 2.45. The molecule has 0 unspecified atom stereocenters. The summed E-state index contributed by atoms with van der Waals surface area (Å²) in [4.78, 5) is 11.6. The van der Waals surface area contributed by atoms with E-state index in [-0.39, 0.29) is 19.6 Å². The van der Waals surface area contributed by atoms with E-state index in [2.05, 4.69) is 0 Å².